The number of amides is 1. The third-order valence-electron chi connectivity index (χ3n) is 2.90. The Morgan fingerprint density at radius 2 is 2.19 bits per heavy atom. The lowest BCUT2D eigenvalue weighted by molar-refractivity contribution is -0.115. The number of aryl methyl sites for hydroxylation is 1. The van der Waals surface area contributed by atoms with Crippen molar-refractivity contribution in [2.24, 2.45) is 7.05 Å². The molecule has 8 heteroatoms. The summed E-state index contributed by atoms with van der Waals surface area (Å²) < 4.78 is 15.3. The molecule has 1 heterocycles. The summed E-state index contributed by atoms with van der Waals surface area (Å²) in [6.07, 6.45) is 0. The van der Waals surface area contributed by atoms with Gasteiger partial charge < -0.3 is 11.1 Å². The number of anilines is 2. The first-order valence-corrected chi connectivity index (χ1v) is 7.15. The van der Waals surface area contributed by atoms with E-state index < -0.39 is 11.1 Å². The maximum absolute atomic E-state index is 13.7. The van der Waals surface area contributed by atoms with Gasteiger partial charge in [0, 0.05) is 7.05 Å². The summed E-state index contributed by atoms with van der Waals surface area (Å²) in [7, 11) is 1.71. The van der Waals surface area contributed by atoms with Crippen LogP contribution in [-0.4, -0.2) is 25.9 Å². The number of hydrogen-bond acceptors (Lipinski definition) is 5. The number of nitrogens with two attached hydrogens (primary N) is 1. The van der Waals surface area contributed by atoms with E-state index >= 15 is 0 Å². The number of nitrogens with zero attached hydrogens (tertiary/aromatic N) is 3. The average Bonchev–Trinajstić information content (AvgIpc) is 2.73. The number of benzene rings is 1. The van der Waals surface area contributed by atoms with E-state index in [1.54, 1.807) is 37.6 Å². The molecular weight excluding hydrogens is 293 g/mol. The summed E-state index contributed by atoms with van der Waals surface area (Å²) in [5.41, 5.74) is 6.53. The molecular formula is C13H16FN5OS. The topological polar surface area (TPSA) is 85.8 Å². The number of nitrogens with one attached hydrogen (secondary N) is 1. The van der Waals surface area contributed by atoms with E-state index in [0.29, 0.717) is 5.16 Å². The number of carbonyl (C=O) groups excluding carboxylic acids is 1. The minimum atomic E-state index is -0.465. The van der Waals surface area contributed by atoms with Crippen molar-refractivity contribution in [2.45, 2.75) is 24.3 Å². The quantitative estimate of drug-likeness (QED) is 0.843. The predicted molar refractivity (Wildman–Crippen MR) is 80.5 cm³/mol. The SMILES string of the molecule is Cc1ccc(NC(=O)C(C)Sc2nnc(N)n2C)c(F)c1. The average molecular weight is 309 g/mol. The Balaban J connectivity index is 2.04. The normalized spacial score (nSPS) is 12.2. The smallest absolute Gasteiger partial charge is 0.237 e. The van der Waals surface area contributed by atoms with E-state index in [4.69, 9.17) is 5.73 Å². The van der Waals surface area contributed by atoms with Crippen molar-refractivity contribution in [1.82, 2.24) is 14.8 Å². The van der Waals surface area contributed by atoms with Gasteiger partial charge >= 0.3 is 0 Å². The molecule has 0 bridgehead atoms. The van der Waals surface area contributed by atoms with Gasteiger partial charge in [0.05, 0.1) is 10.9 Å². The van der Waals surface area contributed by atoms with Gasteiger partial charge in [-0.2, -0.15) is 0 Å². The summed E-state index contributed by atoms with van der Waals surface area (Å²) in [6.45, 7) is 3.49. The number of rotatable bonds is 4. The van der Waals surface area contributed by atoms with Gasteiger partial charge in [-0.25, -0.2) is 4.39 Å². The van der Waals surface area contributed by atoms with Crippen LogP contribution in [0.1, 0.15) is 12.5 Å². The minimum absolute atomic E-state index is 0.163. The molecule has 2 rings (SSSR count). The van der Waals surface area contributed by atoms with Crippen molar-refractivity contribution in [1.29, 1.82) is 0 Å². The molecule has 0 saturated heterocycles. The molecule has 1 unspecified atom stereocenters. The van der Waals surface area contributed by atoms with Gasteiger partial charge in [-0.1, -0.05) is 17.8 Å². The summed E-state index contributed by atoms with van der Waals surface area (Å²) in [4.78, 5) is 12.1. The van der Waals surface area contributed by atoms with Crippen LogP contribution in [0.15, 0.2) is 23.4 Å². The van der Waals surface area contributed by atoms with E-state index in [9.17, 15) is 9.18 Å². The van der Waals surface area contributed by atoms with Crippen molar-refractivity contribution < 1.29 is 9.18 Å². The molecule has 6 nitrogen and oxygen atoms in total. The fourth-order valence-electron chi connectivity index (χ4n) is 1.60. The van der Waals surface area contributed by atoms with Crippen molar-refractivity contribution in [3.8, 4) is 0 Å². The van der Waals surface area contributed by atoms with Crippen LogP contribution in [0.5, 0.6) is 0 Å². The van der Waals surface area contributed by atoms with E-state index in [1.165, 1.54) is 17.8 Å². The number of nitrogen functional groups attached to an aromatic ring is 1. The molecule has 1 aromatic carbocycles. The highest BCUT2D eigenvalue weighted by Crippen LogP contribution is 2.23. The van der Waals surface area contributed by atoms with Gasteiger partial charge in [0.25, 0.3) is 0 Å². The van der Waals surface area contributed by atoms with Gasteiger partial charge in [-0.15, -0.1) is 10.2 Å². The zero-order valence-corrected chi connectivity index (χ0v) is 12.7. The summed E-state index contributed by atoms with van der Waals surface area (Å²) in [5, 5.41) is 10.2. The van der Waals surface area contributed by atoms with Gasteiger partial charge in [-0.3, -0.25) is 9.36 Å². The zero-order valence-electron chi connectivity index (χ0n) is 11.9. The molecule has 0 aliphatic heterocycles. The molecule has 0 radical (unpaired) electrons. The lowest BCUT2D eigenvalue weighted by atomic mass is 10.2. The second kappa shape index (κ2) is 6.13. The first kappa shape index (κ1) is 15.3. The number of halogens is 1. The third-order valence-corrected chi connectivity index (χ3v) is 4.04. The highest BCUT2D eigenvalue weighted by Gasteiger charge is 2.19. The molecule has 0 aliphatic rings. The lowest BCUT2D eigenvalue weighted by Crippen LogP contribution is -2.23. The molecule has 112 valence electrons. The molecule has 2 aromatic rings. The molecule has 0 fully saturated rings. The molecule has 0 saturated carbocycles. The fourth-order valence-corrected chi connectivity index (χ4v) is 2.42. The van der Waals surface area contributed by atoms with Crippen LogP contribution in [-0.2, 0) is 11.8 Å². The van der Waals surface area contributed by atoms with Crippen molar-refractivity contribution in [3.63, 3.8) is 0 Å². The van der Waals surface area contributed by atoms with Crippen LogP contribution in [0.3, 0.4) is 0 Å². The summed E-state index contributed by atoms with van der Waals surface area (Å²) in [5.74, 6) is -0.498. The molecule has 3 N–H and O–H groups in total. The number of carbonyl (C=O) groups is 1. The highest BCUT2D eigenvalue weighted by atomic mass is 32.2. The Morgan fingerprint density at radius 3 is 2.76 bits per heavy atom. The summed E-state index contributed by atoms with van der Waals surface area (Å²) in [6, 6.07) is 4.65. The van der Waals surface area contributed by atoms with Gasteiger partial charge in [-0.05, 0) is 31.5 Å². The standard InChI is InChI=1S/C13H16FN5OS/c1-7-4-5-10(9(14)6-7)16-11(20)8(2)21-13-18-17-12(15)19(13)3/h4-6,8H,1-3H3,(H2,15,17)(H,16,20). The number of thioether (sulfide) groups is 1. The van der Waals surface area contributed by atoms with Gasteiger partial charge in [0.2, 0.25) is 11.9 Å². The first-order chi connectivity index (χ1) is 9.88. The Kier molecular flexibility index (Phi) is 4.46. The third kappa shape index (κ3) is 3.52. The van der Waals surface area contributed by atoms with Crippen LogP contribution < -0.4 is 11.1 Å². The molecule has 1 aromatic heterocycles. The number of hydrogen-bond donors (Lipinski definition) is 2. The Hall–Kier alpha value is -2.09. The van der Waals surface area contributed by atoms with Crippen molar-refractivity contribution in [2.75, 3.05) is 11.1 Å². The van der Waals surface area contributed by atoms with Crippen LogP contribution >= 0.6 is 11.8 Å². The Bertz CT molecular complexity index is 673. The maximum Gasteiger partial charge on any atom is 0.237 e. The minimum Gasteiger partial charge on any atom is -0.368 e. The van der Waals surface area contributed by atoms with Crippen LogP contribution in [0.2, 0.25) is 0 Å². The van der Waals surface area contributed by atoms with Crippen LogP contribution in [0.4, 0.5) is 16.0 Å². The lowest BCUT2D eigenvalue weighted by Gasteiger charge is -2.12. The second-order valence-electron chi connectivity index (χ2n) is 4.63. The highest BCUT2D eigenvalue weighted by molar-refractivity contribution is 8.00. The molecule has 0 spiro atoms. The van der Waals surface area contributed by atoms with E-state index in [1.807, 2.05) is 0 Å². The van der Waals surface area contributed by atoms with E-state index in [-0.39, 0.29) is 17.5 Å². The Morgan fingerprint density at radius 1 is 1.48 bits per heavy atom. The largest absolute Gasteiger partial charge is 0.368 e. The van der Waals surface area contributed by atoms with Crippen LogP contribution in [0, 0.1) is 12.7 Å². The predicted octanol–water partition coefficient (Wildman–Crippen LogP) is 1.96. The molecule has 0 aliphatic carbocycles. The van der Waals surface area contributed by atoms with Gasteiger partial charge in [0.15, 0.2) is 5.16 Å². The summed E-state index contributed by atoms with van der Waals surface area (Å²) >= 11 is 1.20. The van der Waals surface area contributed by atoms with E-state index in [0.717, 1.165) is 5.56 Å². The second-order valence-corrected chi connectivity index (χ2v) is 5.94. The maximum atomic E-state index is 13.7. The van der Waals surface area contributed by atoms with E-state index in [2.05, 4.69) is 15.5 Å². The Labute approximate surface area is 125 Å². The monoisotopic (exact) mass is 309 g/mol. The van der Waals surface area contributed by atoms with Crippen molar-refractivity contribution >= 4 is 29.3 Å². The van der Waals surface area contributed by atoms with Crippen molar-refractivity contribution in [3.05, 3.63) is 29.6 Å². The fraction of sp³-hybridized carbons (Fsp3) is 0.308. The number of aromatic nitrogens is 3. The van der Waals surface area contributed by atoms with Crippen LogP contribution in [0.25, 0.3) is 0 Å². The molecule has 1 atom stereocenters. The molecule has 21 heavy (non-hydrogen) atoms. The first-order valence-electron chi connectivity index (χ1n) is 6.27. The van der Waals surface area contributed by atoms with Gasteiger partial charge in [0.1, 0.15) is 5.82 Å². The molecule has 1 amide bonds. The zero-order chi connectivity index (χ0) is 15.6.